The smallest absolute Gasteiger partial charge is 0.272 e. The Morgan fingerprint density at radius 2 is 1.93 bits per heavy atom. The molecule has 0 aliphatic carbocycles. The molecular weight excluding hydrogens is 364 g/mol. The van der Waals surface area contributed by atoms with Crippen LogP contribution in [0.4, 0.5) is 5.82 Å². The van der Waals surface area contributed by atoms with Crippen molar-refractivity contribution in [3.8, 4) is 5.75 Å². The molecule has 2 saturated heterocycles. The number of aromatic nitrogens is 1. The van der Waals surface area contributed by atoms with Crippen molar-refractivity contribution in [1.82, 2.24) is 15.2 Å². The minimum Gasteiger partial charge on any atom is -0.489 e. The van der Waals surface area contributed by atoms with Crippen molar-refractivity contribution in [2.24, 2.45) is 0 Å². The predicted octanol–water partition coefficient (Wildman–Crippen LogP) is 2.87. The molecule has 0 bridgehead atoms. The molecule has 0 saturated carbocycles. The molecule has 2 fully saturated rings. The largest absolute Gasteiger partial charge is 0.489 e. The number of likely N-dealkylation sites (tertiary alicyclic amines) is 1. The van der Waals surface area contributed by atoms with Crippen LogP contribution in [0, 0.1) is 6.92 Å². The SMILES string of the molecule is Cc1ccc(O[C@H]2CCCN(C(=O)c3cccc(N4CCCNCC4)n3)C2)cc1. The van der Waals surface area contributed by atoms with Crippen LogP contribution in [0.5, 0.6) is 5.75 Å². The molecule has 154 valence electrons. The van der Waals surface area contributed by atoms with Gasteiger partial charge in [0.15, 0.2) is 0 Å². The van der Waals surface area contributed by atoms with Crippen molar-refractivity contribution in [3.63, 3.8) is 0 Å². The highest BCUT2D eigenvalue weighted by Gasteiger charge is 2.27. The lowest BCUT2D eigenvalue weighted by Gasteiger charge is -2.33. The predicted molar refractivity (Wildman–Crippen MR) is 115 cm³/mol. The minimum absolute atomic E-state index is 0.00277. The Kier molecular flexibility index (Phi) is 6.30. The number of rotatable bonds is 4. The van der Waals surface area contributed by atoms with Crippen molar-refractivity contribution >= 4 is 11.7 Å². The molecule has 1 aromatic heterocycles. The Labute approximate surface area is 172 Å². The van der Waals surface area contributed by atoms with Gasteiger partial charge in [-0.1, -0.05) is 23.8 Å². The van der Waals surface area contributed by atoms with Gasteiger partial charge in [0.2, 0.25) is 0 Å². The second-order valence-electron chi connectivity index (χ2n) is 7.92. The minimum atomic E-state index is -0.00277. The fourth-order valence-electron chi connectivity index (χ4n) is 3.98. The normalized spacial score (nSPS) is 20.2. The molecule has 2 aliphatic rings. The summed E-state index contributed by atoms with van der Waals surface area (Å²) in [6.45, 7) is 7.29. The van der Waals surface area contributed by atoms with E-state index in [0.717, 1.165) is 63.6 Å². The summed E-state index contributed by atoms with van der Waals surface area (Å²) in [7, 11) is 0. The fraction of sp³-hybridized carbons (Fsp3) is 0.478. The molecule has 29 heavy (non-hydrogen) atoms. The number of nitrogens with zero attached hydrogens (tertiary/aromatic N) is 3. The summed E-state index contributed by atoms with van der Waals surface area (Å²) in [5.41, 5.74) is 1.74. The van der Waals surface area contributed by atoms with E-state index in [1.807, 2.05) is 35.2 Å². The van der Waals surface area contributed by atoms with Crippen LogP contribution < -0.4 is 15.0 Å². The topological polar surface area (TPSA) is 57.7 Å². The van der Waals surface area contributed by atoms with E-state index in [1.54, 1.807) is 0 Å². The Balaban J connectivity index is 1.41. The van der Waals surface area contributed by atoms with Crippen LogP contribution in [0.2, 0.25) is 0 Å². The summed E-state index contributed by atoms with van der Waals surface area (Å²) in [4.78, 5) is 22.0. The number of ether oxygens (including phenoxy) is 1. The van der Waals surface area contributed by atoms with Gasteiger partial charge in [-0.3, -0.25) is 4.79 Å². The second kappa shape index (κ2) is 9.27. The van der Waals surface area contributed by atoms with Gasteiger partial charge >= 0.3 is 0 Å². The maximum Gasteiger partial charge on any atom is 0.272 e. The van der Waals surface area contributed by atoms with Crippen molar-refractivity contribution in [1.29, 1.82) is 0 Å². The third-order valence-electron chi connectivity index (χ3n) is 5.61. The molecule has 2 aromatic rings. The average Bonchev–Trinajstić information content (AvgIpc) is 3.05. The number of anilines is 1. The lowest BCUT2D eigenvalue weighted by molar-refractivity contribution is 0.0533. The first-order valence-electron chi connectivity index (χ1n) is 10.6. The quantitative estimate of drug-likeness (QED) is 0.864. The van der Waals surface area contributed by atoms with E-state index in [2.05, 4.69) is 29.3 Å². The molecule has 4 rings (SSSR count). The maximum absolute atomic E-state index is 13.1. The molecule has 1 aromatic carbocycles. The molecule has 6 heteroatoms. The number of amides is 1. The Bertz CT molecular complexity index is 816. The fourth-order valence-corrected chi connectivity index (χ4v) is 3.98. The molecule has 2 aliphatic heterocycles. The van der Waals surface area contributed by atoms with Crippen LogP contribution in [-0.2, 0) is 0 Å². The molecule has 1 atom stereocenters. The van der Waals surface area contributed by atoms with Gasteiger partial charge in [-0.15, -0.1) is 0 Å². The molecule has 1 amide bonds. The summed E-state index contributed by atoms with van der Waals surface area (Å²) in [5.74, 6) is 1.76. The summed E-state index contributed by atoms with van der Waals surface area (Å²) in [6.07, 6.45) is 3.02. The monoisotopic (exact) mass is 394 g/mol. The first-order chi connectivity index (χ1) is 14.2. The Morgan fingerprint density at radius 1 is 1.07 bits per heavy atom. The van der Waals surface area contributed by atoms with Crippen LogP contribution in [0.25, 0.3) is 0 Å². The standard InChI is InChI=1S/C23H30N4O2/c1-18-8-10-19(11-9-18)29-20-5-3-14-27(17-20)23(28)21-6-2-7-22(25-21)26-15-4-12-24-13-16-26/h2,6-11,20,24H,3-5,12-17H2,1H3/t20-/m0/s1. The number of pyridine rings is 1. The molecule has 0 radical (unpaired) electrons. The van der Waals surface area contributed by atoms with Gasteiger partial charge in [-0.25, -0.2) is 4.98 Å². The summed E-state index contributed by atoms with van der Waals surface area (Å²) < 4.78 is 6.13. The average molecular weight is 395 g/mol. The highest BCUT2D eigenvalue weighted by molar-refractivity contribution is 5.92. The van der Waals surface area contributed by atoms with Gasteiger partial charge in [0.25, 0.3) is 5.91 Å². The molecular formula is C23H30N4O2. The number of hydrogen-bond donors (Lipinski definition) is 1. The first-order valence-corrected chi connectivity index (χ1v) is 10.6. The lowest BCUT2D eigenvalue weighted by Crippen LogP contribution is -2.44. The van der Waals surface area contributed by atoms with Crippen molar-refractivity contribution in [3.05, 3.63) is 53.7 Å². The second-order valence-corrected chi connectivity index (χ2v) is 7.92. The number of carbonyl (C=O) groups excluding carboxylic acids is 1. The zero-order valence-corrected chi connectivity index (χ0v) is 17.1. The first kappa shape index (κ1) is 19.7. The molecule has 0 unspecified atom stereocenters. The number of nitrogens with one attached hydrogen (secondary N) is 1. The van der Waals surface area contributed by atoms with Crippen LogP contribution in [0.3, 0.4) is 0 Å². The molecule has 0 spiro atoms. The number of piperidine rings is 1. The maximum atomic E-state index is 13.1. The Hall–Kier alpha value is -2.60. The van der Waals surface area contributed by atoms with Gasteiger partial charge in [0, 0.05) is 26.2 Å². The highest BCUT2D eigenvalue weighted by atomic mass is 16.5. The van der Waals surface area contributed by atoms with Gasteiger partial charge in [-0.05, 0) is 57.0 Å². The van der Waals surface area contributed by atoms with Crippen molar-refractivity contribution < 1.29 is 9.53 Å². The Morgan fingerprint density at radius 3 is 2.79 bits per heavy atom. The molecule has 6 nitrogen and oxygen atoms in total. The van der Waals surface area contributed by atoms with Gasteiger partial charge < -0.3 is 19.9 Å². The summed E-state index contributed by atoms with van der Waals surface area (Å²) in [6, 6.07) is 13.9. The number of aryl methyl sites for hydroxylation is 1. The van der Waals surface area contributed by atoms with Gasteiger partial charge in [0.1, 0.15) is 23.4 Å². The zero-order chi connectivity index (χ0) is 20.1. The van der Waals surface area contributed by atoms with Crippen molar-refractivity contribution in [2.75, 3.05) is 44.2 Å². The van der Waals surface area contributed by atoms with E-state index in [0.29, 0.717) is 12.2 Å². The van der Waals surface area contributed by atoms with E-state index >= 15 is 0 Å². The van der Waals surface area contributed by atoms with Crippen molar-refractivity contribution in [2.45, 2.75) is 32.3 Å². The van der Waals surface area contributed by atoms with E-state index in [9.17, 15) is 4.79 Å². The van der Waals surface area contributed by atoms with Crippen LogP contribution >= 0.6 is 0 Å². The third-order valence-corrected chi connectivity index (χ3v) is 5.61. The summed E-state index contributed by atoms with van der Waals surface area (Å²) in [5, 5.41) is 3.41. The van der Waals surface area contributed by atoms with Crippen LogP contribution in [0.15, 0.2) is 42.5 Å². The zero-order valence-electron chi connectivity index (χ0n) is 17.1. The van der Waals surface area contributed by atoms with Crippen LogP contribution in [0.1, 0.15) is 35.3 Å². The number of benzene rings is 1. The lowest BCUT2D eigenvalue weighted by atomic mass is 10.1. The van der Waals surface area contributed by atoms with Crippen LogP contribution in [-0.4, -0.2) is 61.2 Å². The van der Waals surface area contributed by atoms with E-state index in [-0.39, 0.29) is 12.0 Å². The van der Waals surface area contributed by atoms with Gasteiger partial charge in [0.05, 0.1) is 6.54 Å². The molecule has 3 heterocycles. The molecule has 1 N–H and O–H groups in total. The number of carbonyl (C=O) groups is 1. The third kappa shape index (κ3) is 5.07. The highest BCUT2D eigenvalue weighted by Crippen LogP contribution is 2.21. The van der Waals surface area contributed by atoms with Gasteiger partial charge in [-0.2, -0.15) is 0 Å². The van der Waals surface area contributed by atoms with E-state index in [1.165, 1.54) is 5.56 Å². The summed E-state index contributed by atoms with van der Waals surface area (Å²) >= 11 is 0. The van der Waals surface area contributed by atoms with E-state index in [4.69, 9.17) is 9.72 Å². The number of hydrogen-bond acceptors (Lipinski definition) is 5. The van der Waals surface area contributed by atoms with E-state index < -0.39 is 0 Å².